The van der Waals surface area contributed by atoms with E-state index in [1.54, 1.807) is 28.8 Å². The molecule has 8 nitrogen and oxygen atoms in total. The van der Waals surface area contributed by atoms with E-state index in [0.717, 1.165) is 52.4 Å². The number of piperidine rings is 1. The Kier molecular flexibility index (Phi) is 8.97. The van der Waals surface area contributed by atoms with Gasteiger partial charge in [0.2, 0.25) is 0 Å². The van der Waals surface area contributed by atoms with Gasteiger partial charge in [-0.25, -0.2) is 18.2 Å². The van der Waals surface area contributed by atoms with E-state index in [0.29, 0.717) is 22.9 Å². The van der Waals surface area contributed by atoms with Gasteiger partial charge < -0.3 is 9.72 Å². The number of alkyl halides is 3. The number of anilines is 1. The molecule has 0 unspecified atom stereocenters. The molecule has 1 aliphatic heterocycles. The van der Waals surface area contributed by atoms with Crippen molar-refractivity contribution in [3.05, 3.63) is 52.9 Å². The number of thiazole rings is 1. The number of sulfonamides is 1. The number of rotatable bonds is 10. The van der Waals surface area contributed by atoms with Crippen LogP contribution in [0.2, 0.25) is 0 Å². The van der Waals surface area contributed by atoms with E-state index in [-0.39, 0.29) is 18.6 Å². The van der Waals surface area contributed by atoms with Gasteiger partial charge in [-0.1, -0.05) is 18.2 Å². The highest BCUT2D eigenvalue weighted by Gasteiger charge is 2.41. The number of likely N-dealkylation sites (tertiary alicyclic amines) is 1. The maximum Gasteiger partial charge on any atom is 0.490 e. The van der Waals surface area contributed by atoms with Crippen LogP contribution in [0.4, 0.5) is 18.9 Å². The Hall–Kier alpha value is -2.94. The van der Waals surface area contributed by atoms with Crippen LogP contribution in [0.3, 0.4) is 0 Å². The third-order valence-corrected chi connectivity index (χ3v) is 11.6. The third kappa shape index (κ3) is 6.66. The number of H-pyrrole nitrogens is 1. The third-order valence-electron chi connectivity index (χ3n) is 7.21. The van der Waals surface area contributed by atoms with Crippen molar-refractivity contribution in [2.24, 2.45) is 5.92 Å². The number of nitrogens with zero attached hydrogens (tertiary/aromatic N) is 3. The highest BCUT2D eigenvalue weighted by molar-refractivity contribution is 7.94. The van der Waals surface area contributed by atoms with Crippen LogP contribution < -0.4 is 4.31 Å². The molecule has 0 aliphatic carbocycles. The molecule has 3 aromatic heterocycles. The number of para-hydroxylation sites is 1. The number of aromatic amines is 1. The van der Waals surface area contributed by atoms with E-state index >= 15 is 0 Å². The minimum absolute atomic E-state index is 0.217. The van der Waals surface area contributed by atoms with Crippen molar-refractivity contribution in [2.45, 2.75) is 56.1 Å². The van der Waals surface area contributed by atoms with E-state index in [1.165, 1.54) is 15.6 Å². The van der Waals surface area contributed by atoms with Crippen molar-refractivity contribution in [2.75, 3.05) is 24.0 Å². The van der Waals surface area contributed by atoms with Gasteiger partial charge in [-0.15, -0.1) is 22.7 Å². The number of nitrogens with one attached hydrogen (secondary N) is 1. The fourth-order valence-electron chi connectivity index (χ4n) is 5.19. The molecule has 1 saturated heterocycles. The molecule has 1 N–H and O–H groups in total. The van der Waals surface area contributed by atoms with Crippen LogP contribution in [0, 0.1) is 5.92 Å². The van der Waals surface area contributed by atoms with Crippen molar-refractivity contribution in [3.63, 3.8) is 0 Å². The predicted octanol–water partition coefficient (Wildman–Crippen LogP) is 6.66. The molecular formula is C28H31F3N4O4S3. The van der Waals surface area contributed by atoms with E-state index in [9.17, 15) is 26.4 Å². The first-order valence-corrected chi connectivity index (χ1v) is 16.7. The number of fused-ring (bicyclic) bond motifs is 1. The average molecular weight is 641 g/mol. The van der Waals surface area contributed by atoms with Crippen molar-refractivity contribution in [1.29, 1.82) is 0 Å². The van der Waals surface area contributed by atoms with Crippen LogP contribution in [0.5, 0.6) is 0 Å². The monoisotopic (exact) mass is 640 g/mol. The largest absolute Gasteiger partial charge is 0.490 e. The van der Waals surface area contributed by atoms with Gasteiger partial charge >= 0.3 is 12.1 Å². The zero-order valence-electron chi connectivity index (χ0n) is 23.1. The second-order valence-electron chi connectivity index (χ2n) is 10.5. The van der Waals surface area contributed by atoms with Crippen LogP contribution >= 0.6 is 22.7 Å². The maximum absolute atomic E-state index is 13.5. The summed E-state index contributed by atoms with van der Waals surface area (Å²) in [6.45, 7) is 5.79. The van der Waals surface area contributed by atoms with Gasteiger partial charge in [0.1, 0.15) is 9.22 Å². The molecule has 0 radical (unpaired) electrons. The molecule has 1 aromatic carbocycles. The quantitative estimate of drug-likeness (QED) is 0.195. The molecule has 4 heterocycles. The van der Waals surface area contributed by atoms with E-state index in [2.05, 4.69) is 19.6 Å². The van der Waals surface area contributed by atoms with Gasteiger partial charge in [0.25, 0.3) is 10.0 Å². The molecule has 226 valence electrons. The summed E-state index contributed by atoms with van der Waals surface area (Å²) in [6.07, 6.45) is -1.05. The molecule has 0 saturated carbocycles. The SMILES string of the molecule is CC(C)N(c1cccc2cc(-c3ncc(CN4CCC(CCOC(=O)C(F)(F)F)CC4)s3)[nH]c12)S(=O)(=O)c1cccs1. The number of carbonyl (C=O) groups is 1. The van der Waals surface area contributed by atoms with Crippen molar-refractivity contribution >= 4 is 55.3 Å². The van der Waals surface area contributed by atoms with E-state index in [1.807, 2.05) is 44.3 Å². The molecule has 0 amide bonds. The second kappa shape index (κ2) is 12.3. The maximum atomic E-state index is 13.5. The molecule has 1 aliphatic rings. The van der Waals surface area contributed by atoms with Gasteiger partial charge in [-0.2, -0.15) is 13.2 Å². The summed E-state index contributed by atoms with van der Waals surface area (Å²) in [4.78, 5) is 22.3. The fourth-order valence-corrected chi connectivity index (χ4v) is 8.87. The summed E-state index contributed by atoms with van der Waals surface area (Å²) in [7, 11) is -3.74. The molecule has 0 bridgehead atoms. The number of hydrogen-bond donors (Lipinski definition) is 1. The van der Waals surface area contributed by atoms with E-state index in [4.69, 9.17) is 0 Å². The molecule has 0 spiro atoms. The molecule has 4 aromatic rings. The minimum atomic E-state index is -4.95. The highest BCUT2D eigenvalue weighted by atomic mass is 32.2. The lowest BCUT2D eigenvalue weighted by atomic mass is 9.94. The topological polar surface area (TPSA) is 95.6 Å². The molecule has 0 atom stereocenters. The van der Waals surface area contributed by atoms with Gasteiger partial charge in [0.05, 0.1) is 23.5 Å². The van der Waals surface area contributed by atoms with Gasteiger partial charge in [-0.05, 0) is 75.7 Å². The minimum Gasteiger partial charge on any atom is -0.459 e. The molecular weight excluding hydrogens is 610 g/mol. The number of benzene rings is 1. The fraction of sp³-hybridized carbons (Fsp3) is 0.429. The summed E-state index contributed by atoms with van der Waals surface area (Å²) in [5, 5.41) is 3.43. The standard InChI is InChI=1S/C28H31F3N4O4S3/c1-18(2)35(42(37,38)24-7-4-14-40-24)23-6-3-5-20-15-22(33-25(20)23)26-32-16-21(41-26)17-34-11-8-19(9-12-34)10-13-39-27(36)28(29,30)31/h3-7,14-16,18-19,33H,8-13,17H2,1-2H3. The molecule has 42 heavy (non-hydrogen) atoms. The summed E-state index contributed by atoms with van der Waals surface area (Å²) in [5.41, 5.74) is 2.11. The second-order valence-corrected chi connectivity index (χ2v) is 14.6. The zero-order valence-corrected chi connectivity index (χ0v) is 25.5. The molecule has 1 fully saturated rings. The number of esters is 1. The Balaban J connectivity index is 1.24. The number of ether oxygens (including phenoxy) is 1. The highest BCUT2D eigenvalue weighted by Crippen LogP contribution is 2.37. The first-order chi connectivity index (χ1) is 19.9. The van der Waals surface area contributed by atoms with Crippen molar-refractivity contribution in [3.8, 4) is 10.7 Å². The van der Waals surface area contributed by atoms with Crippen molar-refractivity contribution < 1.29 is 31.1 Å². The Morgan fingerprint density at radius 3 is 2.64 bits per heavy atom. The first-order valence-electron chi connectivity index (χ1n) is 13.5. The van der Waals surface area contributed by atoms with Crippen LogP contribution in [0.15, 0.2) is 52.2 Å². The van der Waals surface area contributed by atoms with Crippen molar-refractivity contribution in [1.82, 2.24) is 14.9 Å². The normalized spacial score (nSPS) is 15.5. The van der Waals surface area contributed by atoms with Crippen LogP contribution in [-0.2, 0) is 26.1 Å². The first kappa shape index (κ1) is 30.5. The number of halogens is 3. The van der Waals surface area contributed by atoms with Crippen LogP contribution in [-0.4, -0.2) is 61.2 Å². The Labute approximate surface area is 250 Å². The van der Waals surface area contributed by atoms with Gasteiger partial charge in [-0.3, -0.25) is 9.21 Å². The van der Waals surface area contributed by atoms with E-state index < -0.39 is 22.2 Å². The molecule has 5 rings (SSSR count). The predicted molar refractivity (Wildman–Crippen MR) is 158 cm³/mol. The molecule has 14 heteroatoms. The number of hydrogen-bond acceptors (Lipinski definition) is 8. The Morgan fingerprint density at radius 2 is 1.98 bits per heavy atom. The zero-order chi connectivity index (χ0) is 30.1. The lowest BCUT2D eigenvalue weighted by Crippen LogP contribution is -2.36. The summed E-state index contributed by atoms with van der Waals surface area (Å²) < 4.78 is 70.0. The Bertz CT molecular complexity index is 1620. The number of thiophene rings is 1. The number of aromatic nitrogens is 2. The summed E-state index contributed by atoms with van der Waals surface area (Å²) in [5.74, 6) is -1.92. The lowest BCUT2D eigenvalue weighted by molar-refractivity contribution is -0.200. The van der Waals surface area contributed by atoms with Crippen LogP contribution in [0.25, 0.3) is 21.6 Å². The average Bonchev–Trinajstić information content (AvgIpc) is 3.70. The van der Waals surface area contributed by atoms with Crippen LogP contribution in [0.1, 0.15) is 38.0 Å². The summed E-state index contributed by atoms with van der Waals surface area (Å²) in [6, 6.07) is 10.6. The number of carbonyl (C=O) groups excluding carboxylic acids is 1. The van der Waals surface area contributed by atoms with Gasteiger partial charge in [0.15, 0.2) is 0 Å². The Morgan fingerprint density at radius 1 is 1.21 bits per heavy atom. The summed E-state index contributed by atoms with van der Waals surface area (Å²) >= 11 is 2.75. The van der Waals surface area contributed by atoms with Gasteiger partial charge in [0, 0.05) is 29.0 Å². The lowest BCUT2D eigenvalue weighted by Gasteiger charge is -2.31. The smallest absolute Gasteiger partial charge is 0.459 e.